The van der Waals surface area contributed by atoms with E-state index >= 15 is 0 Å². The number of hydrogen-bond donors (Lipinski definition) is 2. The van der Waals surface area contributed by atoms with Gasteiger partial charge in [0.1, 0.15) is 12.2 Å². The summed E-state index contributed by atoms with van der Waals surface area (Å²) < 4.78 is 11.7. The quantitative estimate of drug-likeness (QED) is 0.511. The minimum atomic E-state index is -0.758. The lowest BCUT2D eigenvalue weighted by molar-refractivity contribution is -0.0331. The van der Waals surface area contributed by atoms with Gasteiger partial charge in [-0.3, -0.25) is 9.80 Å². The molecular weight excluding hydrogens is 475 g/mol. The van der Waals surface area contributed by atoms with Crippen molar-refractivity contribution in [1.29, 1.82) is 0 Å². The molecule has 5 atom stereocenters. The molecule has 2 aromatic rings. The van der Waals surface area contributed by atoms with Crippen molar-refractivity contribution in [3.05, 3.63) is 69.7 Å². The molecule has 4 rings (SSSR count). The van der Waals surface area contributed by atoms with Crippen LogP contribution in [0.15, 0.2) is 48.5 Å². The van der Waals surface area contributed by atoms with Crippen LogP contribution in [0.4, 0.5) is 0 Å². The van der Waals surface area contributed by atoms with Crippen molar-refractivity contribution >= 4 is 23.2 Å². The molecule has 0 saturated carbocycles. The molecule has 0 spiro atoms. The zero-order chi connectivity index (χ0) is 24.1. The van der Waals surface area contributed by atoms with E-state index in [-0.39, 0.29) is 24.8 Å². The molecule has 2 N–H and O–H groups in total. The summed E-state index contributed by atoms with van der Waals surface area (Å²) in [6.45, 7) is 3.22. The molecule has 34 heavy (non-hydrogen) atoms. The normalized spacial score (nSPS) is 27.6. The van der Waals surface area contributed by atoms with Crippen LogP contribution in [-0.4, -0.2) is 83.8 Å². The van der Waals surface area contributed by atoms with Gasteiger partial charge in [0.15, 0.2) is 0 Å². The third kappa shape index (κ3) is 6.31. The van der Waals surface area contributed by atoms with Gasteiger partial charge in [0.2, 0.25) is 0 Å². The maximum absolute atomic E-state index is 11.1. The number of likely N-dealkylation sites (tertiary alicyclic amines) is 1. The van der Waals surface area contributed by atoms with E-state index in [4.69, 9.17) is 32.7 Å². The second kappa shape index (κ2) is 12.2. The summed E-state index contributed by atoms with van der Waals surface area (Å²) in [5.74, 6) is 0. The lowest BCUT2D eigenvalue weighted by Gasteiger charge is -2.36. The Morgan fingerprint density at radius 2 is 1.71 bits per heavy atom. The lowest BCUT2D eigenvalue weighted by atomic mass is 10.0. The summed E-state index contributed by atoms with van der Waals surface area (Å²) in [6, 6.07) is 15.7. The third-order valence-corrected chi connectivity index (χ3v) is 7.30. The van der Waals surface area contributed by atoms with E-state index in [9.17, 15) is 10.2 Å². The molecular formula is C26H34Cl2N2O4. The number of benzene rings is 2. The number of halogens is 2. The zero-order valence-corrected chi connectivity index (χ0v) is 21.0. The summed E-state index contributed by atoms with van der Waals surface area (Å²) in [4.78, 5) is 4.62. The van der Waals surface area contributed by atoms with Crippen molar-refractivity contribution in [2.45, 2.75) is 56.3 Å². The van der Waals surface area contributed by atoms with Gasteiger partial charge in [0.25, 0.3) is 0 Å². The predicted octanol–water partition coefficient (Wildman–Crippen LogP) is 3.60. The average Bonchev–Trinajstić information content (AvgIpc) is 3.37. The third-order valence-electron chi connectivity index (χ3n) is 6.83. The van der Waals surface area contributed by atoms with Gasteiger partial charge < -0.3 is 19.7 Å². The fourth-order valence-corrected chi connectivity index (χ4v) is 5.81. The van der Waals surface area contributed by atoms with Crippen LogP contribution >= 0.6 is 23.2 Å². The van der Waals surface area contributed by atoms with E-state index in [0.717, 1.165) is 30.5 Å². The maximum Gasteiger partial charge on any atom is 0.109 e. The highest BCUT2D eigenvalue weighted by molar-refractivity contribution is 6.30. The first kappa shape index (κ1) is 25.9. The fraction of sp³-hybridized carbons (Fsp3) is 0.538. The fourth-order valence-electron chi connectivity index (χ4n) is 5.39. The van der Waals surface area contributed by atoms with Crippen molar-refractivity contribution in [3.8, 4) is 0 Å². The van der Waals surface area contributed by atoms with Crippen LogP contribution in [0.25, 0.3) is 0 Å². The van der Waals surface area contributed by atoms with Crippen LogP contribution in [0.3, 0.4) is 0 Å². The standard InChI is InChI=1S/C26H34Cl2N2O4/c1-33-17-22-9-4-10-30(22)25-23(34-24(16-31)26(25)32)15-29(13-18-5-2-7-20(27)11-18)14-19-6-3-8-21(28)12-19/h2-3,5-8,11-12,22-26,31-32H,4,9-10,13-17H2,1H3. The molecule has 0 bridgehead atoms. The Kier molecular flexibility index (Phi) is 9.24. The molecule has 0 amide bonds. The number of methoxy groups -OCH3 is 1. The number of rotatable bonds is 10. The molecule has 186 valence electrons. The first-order chi connectivity index (χ1) is 16.5. The van der Waals surface area contributed by atoms with Gasteiger partial charge >= 0.3 is 0 Å². The highest BCUT2D eigenvalue weighted by Gasteiger charge is 2.49. The van der Waals surface area contributed by atoms with Gasteiger partial charge in [-0.25, -0.2) is 0 Å². The van der Waals surface area contributed by atoms with Crippen molar-refractivity contribution in [3.63, 3.8) is 0 Å². The molecule has 2 saturated heterocycles. The minimum Gasteiger partial charge on any atom is -0.394 e. The topological polar surface area (TPSA) is 65.4 Å². The molecule has 6 nitrogen and oxygen atoms in total. The second-order valence-corrected chi connectivity index (χ2v) is 10.2. The van der Waals surface area contributed by atoms with Crippen molar-refractivity contribution in [2.24, 2.45) is 0 Å². The first-order valence-corrected chi connectivity index (χ1v) is 12.6. The molecule has 2 fully saturated rings. The van der Waals surface area contributed by atoms with E-state index in [0.29, 0.717) is 36.3 Å². The van der Waals surface area contributed by atoms with Crippen molar-refractivity contribution in [2.75, 3.05) is 33.4 Å². The number of ether oxygens (including phenoxy) is 2. The Morgan fingerprint density at radius 3 is 2.26 bits per heavy atom. The summed E-state index contributed by atoms with van der Waals surface area (Å²) >= 11 is 12.5. The highest BCUT2D eigenvalue weighted by Crippen LogP contribution is 2.32. The number of hydrogen-bond acceptors (Lipinski definition) is 6. The molecule has 2 aliphatic rings. The van der Waals surface area contributed by atoms with Crippen LogP contribution < -0.4 is 0 Å². The predicted molar refractivity (Wildman–Crippen MR) is 134 cm³/mol. The Morgan fingerprint density at radius 1 is 1.06 bits per heavy atom. The highest BCUT2D eigenvalue weighted by atomic mass is 35.5. The molecule has 8 heteroatoms. The Bertz CT molecular complexity index is 886. The Balaban J connectivity index is 1.58. The molecule has 5 unspecified atom stereocenters. The van der Waals surface area contributed by atoms with Crippen LogP contribution in [0.2, 0.25) is 10.0 Å². The maximum atomic E-state index is 11.1. The average molecular weight is 509 g/mol. The van der Waals surface area contributed by atoms with E-state index in [2.05, 4.69) is 21.9 Å². The Labute approximate surface area is 212 Å². The van der Waals surface area contributed by atoms with E-state index in [1.165, 1.54) is 0 Å². The van der Waals surface area contributed by atoms with E-state index < -0.39 is 12.2 Å². The number of aliphatic hydroxyl groups is 2. The summed E-state index contributed by atoms with van der Waals surface area (Å²) in [7, 11) is 1.71. The molecule has 2 heterocycles. The zero-order valence-electron chi connectivity index (χ0n) is 19.5. The van der Waals surface area contributed by atoms with Gasteiger partial charge in [0.05, 0.1) is 25.4 Å². The monoisotopic (exact) mass is 508 g/mol. The lowest BCUT2D eigenvalue weighted by Crippen LogP contribution is -2.53. The summed E-state index contributed by atoms with van der Waals surface area (Å²) in [5, 5.41) is 22.4. The molecule has 2 aliphatic heterocycles. The van der Waals surface area contributed by atoms with E-state index in [1.54, 1.807) is 7.11 Å². The summed E-state index contributed by atoms with van der Waals surface area (Å²) in [5.41, 5.74) is 2.20. The number of aliphatic hydroxyl groups excluding tert-OH is 2. The SMILES string of the molecule is COCC1CCCN1C1C(CN(Cc2cccc(Cl)c2)Cc2cccc(Cl)c2)OC(CO)C1O. The van der Waals surface area contributed by atoms with Gasteiger partial charge in [-0.2, -0.15) is 0 Å². The molecule has 0 aromatic heterocycles. The van der Waals surface area contributed by atoms with Crippen LogP contribution in [0.5, 0.6) is 0 Å². The molecule has 2 aromatic carbocycles. The Hall–Kier alpha value is -1.22. The summed E-state index contributed by atoms with van der Waals surface area (Å²) in [6.07, 6.45) is 0.470. The minimum absolute atomic E-state index is 0.207. The molecule has 0 radical (unpaired) electrons. The first-order valence-electron chi connectivity index (χ1n) is 11.9. The second-order valence-electron chi connectivity index (χ2n) is 9.30. The van der Waals surface area contributed by atoms with Crippen LogP contribution in [-0.2, 0) is 22.6 Å². The van der Waals surface area contributed by atoms with Gasteiger partial charge in [-0.15, -0.1) is 0 Å². The van der Waals surface area contributed by atoms with Gasteiger partial charge in [-0.05, 0) is 54.8 Å². The van der Waals surface area contributed by atoms with E-state index in [1.807, 2.05) is 36.4 Å². The number of nitrogens with zero attached hydrogens (tertiary/aromatic N) is 2. The van der Waals surface area contributed by atoms with Crippen molar-refractivity contribution < 1.29 is 19.7 Å². The van der Waals surface area contributed by atoms with Gasteiger partial charge in [0, 0.05) is 42.8 Å². The van der Waals surface area contributed by atoms with Crippen molar-refractivity contribution in [1.82, 2.24) is 9.80 Å². The van der Waals surface area contributed by atoms with Gasteiger partial charge in [-0.1, -0.05) is 47.5 Å². The molecule has 0 aliphatic carbocycles. The smallest absolute Gasteiger partial charge is 0.109 e. The van der Waals surface area contributed by atoms with Crippen LogP contribution in [0, 0.1) is 0 Å². The largest absolute Gasteiger partial charge is 0.394 e. The van der Waals surface area contributed by atoms with Crippen LogP contribution in [0.1, 0.15) is 24.0 Å².